The van der Waals surface area contributed by atoms with E-state index in [0.717, 1.165) is 31.7 Å². The van der Waals surface area contributed by atoms with Crippen LogP contribution in [0.4, 0.5) is 0 Å². The minimum atomic E-state index is 0.145. The molecule has 17 heavy (non-hydrogen) atoms. The molecule has 0 atom stereocenters. The smallest absolute Gasteiger partial charge is 0.219 e. The number of halogens is 1. The molecule has 2 rings (SSSR count). The van der Waals surface area contributed by atoms with Crippen molar-refractivity contribution in [3.63, 3.8) is 0 Å². The lowest BCUT2D eigenvalue weighted by Gasteiger charge is -2.31. The van der Waals surface area contributed by atoms with Crippen LogP contribution in [0.15, 0.2) is 24.3 Å². The molecule has 1 aromatic carbocycles. The Labute approximate surface area is 106 Å². The molecule has 1 fully saturated rings. The summed E-state index contributed by atoms with van der Waals surface area (Å²) in [4.78, 5) is 13.0. The van der Waals surface area contributed by atoms with E-state index in [1.54, 1.807) is 6.92 Å². The monoisotopic (exact) mass is 253 g/mol. The molecule has 1 heterocycles. The molecule has 92 valence electrons. The fraction of sp³-hybridized carbons (Fsp3) is 0.462. The predicted octanol–water partition coefficient (Wildman–Crippen LogP) is 2.73. The average molecular weight is 254 g/mol. The second-order valence-electron chi connectivity index (χ2n) is 4.28. The second kappa shape index (κ2) is 5.41. The van der Waals surface area contributed by atoms with E-state index in [0.29, 0.717) is 5.02 Å². The molecule has 1 aromatic rings. The quantitative estimate of drug-likeness (QED) is 0.811. The first kappa shape index (κ1) is 12.2. The van der Waals surface area contributed by atoms with E-state index in [-0.39, 0.29) is 12.0 Å². The summed E-state index contributed by atoms with van der Waals surface area (Å²) in [6, 6.07) is 7.43. The van der Waals surface area contributed by atoms with Crippen molar-refractivity contribution in [1.29, 1.82) is 0 Å². The van der Waals surface area contributed by atoms with Crippen LogP contribution in [-0.2, 0) is 4.79 Å². The van der Waals surface area contributed by atoms with Gasteiger partial charge in [0.1, 0.15) is 11.9 Å². The van der Waals surface area contributed by atoms with Crippen molar-refractivity contribution in [3.8, 4) is 5.75 Å². The van der Waals surface area contributed by atoms with Crippen LogP contribution in [-0.4, -0.2) is 30.0 Å². The van der Waals surface area contributed by atoms with Crippen molar-refractivity contribution < 1.29 is 9.53 Å². The van der Waals surface area contributed by atoms with E-state index in [1.165, 1.54) is 0 Å². The van der Waals surface area contributed by atoms with Crippen molar-refractivity contribution >= 4 is 17.5 Å². The molecule has 0 aliphatic carbocycles. The van der Waals surface area contributed by atoms with E-state index >= 15 is 0 Å². The molecule has 1 saturated heterocycles. The first-order valence-electron chi connectivity index (χ1n) is 5.83. The first-order valence-corrected chi connectivity index (χ1v) is 6.20. The molecule has 1 aliphatic heterocycles. The molecule has 0 unspecified atom stereocenters. The number of hydrogen-bond donors (Lipinski definition) is 0. The highest BCUT2D eigenvalue weighted by Gasteiger charge is 2.21. The van der Waals surface area contributed by atoms with Gasteiger partial charge in [0, 0.05) is 37.9 Å². The zero-order chi connectivity index (χ0) is 12.3. The Morgan fingerprint density at radius 2 is 2.12 bits per heavy atom. The fourth-order valence-electron chi connectivity index (χ4n) is 2.02. The van der Waals surface area contributed by atoms with E-state index in [1.807, 2.05) is 29.2 Å². The molecule has 3 nitrogen and oxygen atoms in total. The Morgan fingerprint density at radius 3 is 2.71 bits per heavy atom. The number of carbonyl (C=O) groups is 1. The van der Waals surface area contributed by atoms with Gasteiger partial charge < -0.3 is 9.64 Å². The second-order valence-corrected chi connectivity index (χ2v) is 4.72. The summed E-state index contributed by atoms with van der Waals surface area (Å²) in [6.45, 7) is 3.17. The summed E-state index contributed by atoms with van der Waals surface area (Å²) >= 11 is 5.89. The maximum Gasteiger partial charge on any atom is 0.219 e. The molecule has 1 aliphatic rings. The summed E-state index contributed by atoms with van der Waals surface area (Å²) in [7, 11) is 0. The summed E-state index contributed by atoms with van der Waals surface area (Å²) in [5.74, 6) is 0.949. The predicted molar refractivity (Wildman–Crippen MR) is 67.4 cm³/mol. The third-order valence-electron chi connectivity index (χ3n) is 2.99. The van der Waals surface area contributed by atoms with Gasteiger partial charge in [0.15, 0.2) is 0 Å². The number of carbonyl (C=O) groups excluding carboxylic acids is 1. The normalized spacial score (nSPS) is 16.9. The maximum absolute atomic E-state index is 11.2. The summed E-state index contributed by atoms with van der Waals surface area (Å²) in [6.07, 6.45) is 1.95. The Kier molecular flexibility index (Phi) is 3.89. The van der Waals surface area contributed by atoms with E-state index in [2.05, 4.69) is 0 Å². The molecule has 1 amide bonds. The largest absolute Gasteiger partial charge is 0.490 e. The summed E-state index contributed by atoms with van der Waals surface area (Å²) in [5.41, 5.74) is 0. The number of likely N-dealkylation sites (tertiary alicyclic amines) is 1. The number of ether oxygens (including phenoxy) is 1. The lowest BCUT2D eigenvalue weighted by Crippen LogP contribution is -2.40. The minimum Gasteiger partial charge on any atom is -0.490 e. The van der Waals surface area contributed by atoms with Gasteiger partial charge >= 0.3 is 0 Å². The van der Waals surface area contributed by atoms with Gasteiger partial charge in [-0.05, 0) is 18.2 Å². The number of rotatable bonds is 2. The third kappa shape index (κ3) is 3.37. The van der Waals surface area contributed by atoms with Gasteiger partial charge in [0.2, 0.25) is 5.91 Å². The van der Waals surface area contributed by atoms with Gasteiger partial charge in [-0.25, -0.2) is 0 Å². The highest BCUT2D eigenvalue weighted by atomic mass is 35.5. The Hall–Kier alpha value is -1.22. The van der Waals surface area contributed by atoms with Gasteiger partial charge in [0.05, 0.1) is 0 Å². The van der Waals surface area contributed by atoms with Crippen molar-refractivity contribution in [2.24, 2.45) is 0 Å². The fourth-order valence-corrected chi connectivity index (χ4v) is 2.20. The standard InChI is InChI=1S/C13H16ClNO2/c1-10(16)15-7-5-12(6-8-15)17-13-4-2-3-11(14)9-13/h2-4,9,12H,5-8H2,1H3. The zero-order valence-corrected chi connectivity index (χ0v) is 10.6. The Bertz CT molecular complexity index is 400. The summed E-state index contributed by atoms with van der Waals surface area (Å²) < 4.78 is 5.84. The average Bonchev–Trinajstić information content (AvgIpc) is 2.29. The van der Waals surface area contributed by atoms with Crippen LogP contribution in [0.1, 0.15) is 19.8 Å². The van der Waals surface area contributed by atoms with Crippen LogP contribution >= 0.6 is 11.6 Å². The minimum absolute atomic E-state index is 0.145. The third-order valence-corrected chi connectivity index (χ3v) is 3.22. The highest BCUT2D eigenvalue weighted by molar-refractivity contribution is 6.30. The highest BCUT2D eigenvalue weighted by Crippen LogP contribution is 2.22. The maximum atomic E-state index is 11.2. The van der Waals surface area contributed by atoms with Crippen LogP contribution in [0.25, 0.3) is 0 Å². The lowest BCUT2D eigenvalue weighted by molar-refractivity contribution is -0.130. The van der Waals surface area contributed by atoms with Gasteiger partial charge in [-0.3, -0.25) is 4.79 Å². The molecular weight excluding hydrogens is 238 g/mol. The van der Waals surface area contributed by atoms with Crippen molar-refractivity contribution in [1.82, 2.24) is 4.90 Å². The Balaban J connectivity index is 1.88. The molecule has 0 aromatic heterocycles. The van der Waals surface area contributed by atoms with Crippen molar-refractivity contribution in [2.45, 2.75) is 25.9 Å². The van der Waals surface area contributed by atoms with Crippen LogP contribution < -0.4 is 4.74 Å². The van der Waals surface area contributed by atoms with Gasteiger partial charge in [-0.1, -0.05) is 17.7 Å². The number of piperidine rings is 1. The van der Waals surface area contributed by atoms with Gasteiger partial charge in [-0.2, -0.15) is 0 Å². The molecule has 0 bridgehead atoms. The van der Waals surface area contributed by atoms with Gasteiger partial charge in [-0.15, -0.1) is 0 Å². The van der Waals surface area contributed by atoms with Crippen LogP contribution in [0.3, 0.4) is 0 Å². The SMILES string of the molecule is CC(=O)N1CCC(Oc2cccc(Cl)c2)CC1. The summed E-state index contributed by atoms with van der Waals surface area (Å²) in [5, 5.41) is 0.684. The van der Waals surface area contributed by atoms with Crippen molar-refractivity contribution in [2.75, 3.05) is 13.1 Å². The molecule has 4 heteroatoms. The molecule has 0 N–H and O–H groups in total. The molecule has 0 radical (unpaired) electrons. The van der Waals surface area contributed by atoms with E-state index in [4.69, 9.17) is 16.3 Å². The van der Waals surface area contributed by atoms with Crippen LogP contribution in [0.2, 0.25) is 5.02 Å². The Morgan fingerprint density at radius 1 is 1.41 bits per heavy atom. The van der Waals surface area contributed by atoms with E-state index < -0.39 is 0 Å². The topological polar surface area (TPSA) is 29.5 Å². The molecule has 0 saturated carbocycles. The van der Waals surface area contributed by atoms with Gasteiger partial charge in [0.25, 0.3) is 0 Å². The molecule has 0 spiro atoms. The van der Waals surface area contributed by atoms with Crippen LogP contribution in [0.5, 0.6) is 5.75 Å². The number of nitrogens with zero attached hydrogens (tertiary/aromatic N) is 1. The molecular formula is C13H16ClNO2. The lowest BCUT2D eigenvalue weighted by atomic mass is 10.1. The first-order chi connectivity index (χ1) is 8.15. The number of hydrogen-bond acceptors (Lipinski definition) is 2. The number of amides is 1. The zero-order valence-electron chi connectivity index (χ0n) is 9.86. The number of benzene rings is 1. The van der Waals surface area contributed by atoms with E-state index in [9.17, 15) is 4.79 Å². The van der Waals surface area contributed by atoms with Crippen LogP contribution in [0, 0.1) is 0 Å². The van der Waals surface area contributed by atoms with Crippen molar-refractivity contribution in [3.05, 3.63) is 29.3 Å².